The summed E-state index contributed by atoms with van der Waals surface area (Å²) in [5.41, 5.74) is -0.438. The molecule has 3 saturated heterocycles. The number of piperidine rings is 1. The molecule has 118 valence electrons. The smallest absolute Gasteiger partial charge is 0.410 e. The van der Waals surface area contributed by atoms with Gasteiger partial charge < -0.3 is 9.64 Å². The highest BCUT2D eigenvalue weighted by atomic mass is 16.6. The van der Waals surface area contributed by atoms with Crippen molar-refractivity contribution in [1.82, 2.24) is 9.80 Å². The van der Waals surface area contributed by atoms with E-state index in [1.165, 1.54) is 0 Å². The molecular formula is C16H27N3O2. The van der Waals surface area contributed by atoms with E-state index in [0.717, 1.165) is 25.3 Å². The Kier molecular flexibility index (Phi) is 4.30. The average Bonchev–Trinajstić information content (AvgIpc) is 2.33. The Labute approximate surface area is 127 Å². The number of carbonyl (C=O) groups excluding carboxylic acids is 1. The Morgan fingerprint density at radius 2 is 1.90 bits per heavy atom. The standard InChI is InChI=1S/C16H27N3O2/c1-7-14(17-11(2)3)18-9-12-8-13(10-18)19(12)15(20)21-16(4,5)6/h7,11-13H,1,8-10H2,2-6H3. The molecule has 0 aromatic rings. The summed E-state index contributed by atoms with van der Waals surface area (Å²) in [5, 5.41) is 0. The van der Waals surface area contributed by atoms with Gasteiger partial charge in [0.05, 0.1) is 12.1 Å². The number of nitrogens with zero attached hydrogens (tertiary/aromatic N) is 3. The fraction of sp³-hybridized carbons (Fsp3) is 0.750. The lowest BCUT2D eigenvalue weighted by Crippen LogP contribution is -2.71. The third-order valence-electron chi connectivity index (χ3n) is 3.69. The third kappa shape index (κ3) is 3.57. The Morgan fingerprint density at radius 1 is 1.33 bits per heavy atom. The van der Waals surface area contributed by atoms with Gasteiger partial charge in [-0.25, -0.2) is 4.79 Å². The summed E-state index contributed by atoms with van der Waals surface area (Å²) < 4.78 is 5.48. The van der Waals surface area contributed by atoms with E-state index >= 15 is 0 Å². The van der Waals surface area contributed by atoms with Gasteiger partial charge in [0.15, 0.2) is 0 Å². The summed E-state index contributed by atoms with van der Waals surface area (Å²) in [6.07, 6.45) is 2.68. The van der Waals surface area contributed by atoms with E-state index in [1.54, 1.807) is 0 Å². The molecule has 3 aliphatic heterocycles. The summed E-state index contributed by atoms with van der Waals surface area (Å²) in [6, 6.07) is 0.713. The van der Waals surface area contributed by atoms with Crippen molar-refractivity contribution in [3.05, 3.63) is 12.7 Å². The fourth-order valence-electron chi connectivity index (χ4n) is 2.94. The number of hydrogen-bond acceptors (Lipinski definition) is 3. The first-order valence-electron chi connectivity index (χ1n) is 7.67. The summed E-state index contributed by atoms with van der Waals surface area (Å²) in [5.74, 6) is 0.934. The monoisotopic (exact) mass is 293 g/mol. The number of fused-ring (bicyclic) bond motifs is 2. The van der Waals surface area contributed by atoms with Crippen LogP contribution in [0.2, 0.25) is 0 Å². The van der Waals surface area contributed by atoms with Gasteiger partial charge in [-0.2, -0.15) is 0 Å². The van der Waals surface area contributed by atoms with E-state index in [2.05, 4.69) is 30.3 Å². The van der Waals surface area contributed by atoms with Gasteiger partial charge in [0.25, 0.3) is 0 Å². The van der Waals surface area contributed by atoms with Crippen molar-refractivity contribution >= 4 is 11.9 Å². The van der Waals surface area contributed by atoms with Gasteiger partial charge in [-0.1, -0.05) is 6.58 Å². The molecule has 2 atom stereocenters. The van der Waals surface area contributed by atoms with Crippen molar-refractivity contribution in [1.29, 1.82) is 0 Å². The van der Waals surface area contributed by atoms with Crippen LogP contribution in [0.3, 0.4) is 0 Å². The Balaban J connectivity index is 1.99. The summed E-state index contributed by atoms with van der Waals surface area (Å²) in [6.45, 7) is 15.3. The average molecular weight is 293 g/mol. The van der Waals surface area contributed by atoms with Crippen LogP contribution in [0.1, 0.15) is 41.0 Å². The maximum Gasteiger partial charge on any atom is 0.410 e. The first-order valence-corrected chi connectivity index (χ1v) is 7.67. The first kappa shape index (κ1) is 15.9. The second-order valence-electron chi connectivity index (χ2n) is 7.12. The van der Waals surface area contributed by atoms with Gasteiger partial charge in [-0.05, 0) is 47.1 Å². The minimum atomic E-state index is -0.438. The van der Waals surface area contributed by atoms with E-state index in [9.17, 15) is 4.79 Å². The second-order valence-corrected chi connectivity index (χ2v) is 7.12. The lowest BCUT2D eigenvalue weighted by molar-refractivity contribution is -0.0624. The molecule has 2 unspecified atom stereocenters. The molecule has 0 aromatic carbocycles. The topological polar surface area (TPSA) is 45.1 Å². The molecular weight excluding hydrogens is 266 g/mol. The van der Waals surface area contributed by atoms with Gasteiger partial charge in [-0.15, -0.1) is 0 Å². The highest BCUT2D eigenvalue weighted by Gasteiger charge is 2.49. The molecule has 3 heterocycles. The van der Waals surface area contributed by atoms with Crippen molar-refractivity contribution in [3.8, 4) is 0 Å². The van der Waals surface area contributed by atoms with Crippen LogP contribution < -0.4 is 0 Å². The zero-order valence-corrected chi connectivity index (χ0v) is 13.8. The highest BCUT2D eigenvalue weighted by molar-refractivity contribution is 5.93. The molecule has 5 nitrogen and oxygen atoms in total. The number of aliphatic imine (C=N–C) groups is 1. The normalized spacial score (nSPS) is 25.7. The lowest BCUT2D eigenvalue weighted by atomic mass is 9.88. The molecule has 2 bridgehead atoms. The number of rotatable bonds is 2. The number of amides is 1. The zero-order chi connectivity index (χ0) is 15.8. The molecule has 3 rings (SSSR count). The summed E-state index contributed by atoms with van der Waals surface area (Å²) >= 11 is 0. The van der Waals surface area contributed by atoms with Gasteiger partial charge in [0.2, 0.25) is 0 Å². The number of ether oxygens (including phenoxy) is 1. The molecule has 0 radical (unpaired) electrons. The SMILES string of the molecule is C=CC(=NC(C)C)N1CC2CC(C1)N2C(=O)OC(C)(C)C. The van der Waals surface area contributed by atoms with E-state index in [1.807, 2.05) is 31.7 Å². The van der Waals surface area contributed by atoms with E-state index in [4.69, 9.17) is 4.74 Å². The van der Waals surface area contributed by atoms with E-state index < -0.39 is 5.60 Å². The van der Waals surface area contributed by atoms with Gasteiger partial charge in [0.1, 0.15) is 11.4 Å². The van der Waals surface area contributed by atoms with Crippen molar-refractivity contribution in [2.24, 2.45) is 4.99 Å². The highest BCUT2D eigenvalue weighted by Crippen LogP contribution is 2.34. The molecule has 1 amide bonds. The van der Waals surface area contributed by atoms with Crippen LogP contribution in [0.5, 0.6) is 0 Å². The molecule has 0 N–H and O–H groups in total. The molecule has 21 heavy (non-hydrogen) atoms. The molecule has 0 aliphatic carbocycles. The van der Waals surface area contributed by atoms with Crippen molar-refractivity contribution in [3.63, 3.8) is 0 Å². The minimum absolute atomic E-state index is 0.190. The maximum atomic E-state index is 12.2. The second kappa shape index (κ2) is 5.70. The number of piperazine rings is 1. The molecule has 0 spiro atoms. The fourth-order valence-corrected chi connectivity index (χ4v) is 2.94. The van der Waals surface area contributed by atoms with Gasteiger partial charge in [-0.3, -0.25) is 9.89 Å². The lowest BCUT2D eigenvalue weighted by Gasteiger charge is -2.56. The third-order valence-corrected chi connectivity index (χ3v) is 3.69. The van der Waals surface area contributed by atoms with Crippen LogP contribution in [-0.4, -0.2) is 58.5 Å². The molecule has 3 aliphatic rings. The predicted molar refractivity (Wildman–Crippen MR) is 84.6 cm³/mol. The van der Waals surface area contributed by atoms with Gasteiger partial charge in [0, 0.05) is 19.1 Å². The number of carbonyl (C=O) groups is 1. The Bertz CT molecular complexity index is 439. The summed E-state index contributed by atoms with van der Waals surface area (Å²) in [4.78, 5) is 20.9. The van der Waals surface area contributed by atoms with Crippen LogP contribution in [-0.2, 0) is 4.74 Å². The van der Waals surface area contributed by atoms with Crippen LogP contribution >= 0.6 is 0 Å². The van der Waals surface area contributed by atoms with Crippen molar-refractivity contribution < 1.29 is 9.53 Å². The quantitative estimate of drug-likeness (QED) is 0.581. The van der Waals surface area contributed by atoms with Crippen molar-refractivity contribution in [2.45, 2.75) is 64.8 Å². The van der Waals surface area contributed by atoms with E-state index in [0.29, 0.717) is 0 Å². The molecule has 5 heteroatoms. The molecule has 3 fully saturated rings. The first-order chi connectivity index (χ1) is 9.71. The van der Waals surface area contributed by atoms with Crippen molar-refractivity contribution in [2.75, 3.05) is 13.1 Å². The summed E-state index contributed by atoms with van der Waals surface area (Å²) in [7, 11) is 0. The number of amidine groups is 1. The van der Waals surface area contributed by atoms with Crippen LogP contribution in [0.25, 0.3) is 0 Å². The zero-order valence-electron chi connectivity index (χ0n) is 13.8. The minimum Gasteiger partial charge on any atom is -0.444 e. The molecule has 0 saturated carbocycles. The van der Waals surface area contributed by atoms with E-state index in [-0.39, 0.29) is 24.2 Å². The van der Waals surface area contributed by atoms with Crippen LogP contribution in [0.15, 0.2) is 17.6 Å². The number of hydrogen-bond donors (Lipinski definition) is 0. The van der Waals surface area contributed by atoms with Crippen LogP contribution in [0, 0.1) is 0 Å². The van der Waals surface area contributed by atoms with Crippen LogP contribution in [0.4, 0.5) is 4.79 Å². The largest absolute Gasteiger partial charge is 0.444 e. The molecule has 0 aromatic heterocycles. The maximum absolute atomic E-state index is 12.2. The Hall–Kier alpha value is -1.52. The van der Waals surface area contributed by atoms with Gasteiger partial charge >= 0.3 is 6.09 Å². The Morgan fingerprint density at radius 3 is 2.33 bits per heavy atom. The predicted octanol–water partition coefficient (Wildman–Crippen LogP) is 2.67.